The highest BCUT2D eigenvalue weighted by Gasteiger charge is 2.28. The maximum Gasteiger partial charge on any atom is 0.236 e. The Morgan fingerprint density at radius 3 is 2.67 bits per heavy atom. The van der Waals surface area contributed by atoms with E-state index in [-0.39, 0.29) is 11.1 Å². The third kappa shape index (κ3) is 4.51. The topological polar surface area (TPSA) is 66.7 Å². The zero-order valence-electron chi connectivity index (χ0n) is 13.5. The Morgan fingerprint density at radius 2 is 2.10 bits per heavy atom. The van der Waals surface area contributed by atoms with E-state index < -0.39 is 6.10 Å². The van der Waals surface area contributed by atoms with Gasteiger partial charge in [0.2, 0.25) is 5.90 Å². The lowest BCUT2D eigenvalue weighted by molar-refractivity contribution is 0.159. The standard InChI is InChI=1S/C16H25N3O2/c1-15(2,3)17-9-13(20)11-7-6-8-12(18-11)14-19-16(4,5)10-21-14/h6-8,13,17,20H,9-10H2,1-5H3/t13-/m0/s1. The molecule has 1 aromatic heterocycles. The SMILES string of the molecule is CC1(C)COC(c2cccc([C@@H](O)CNC(C)(C)C)n2)=N1. The summed E-state index contributed by atoms with van der Waals surface area (Å²) in [4.78, 5) is 8.99. The van der Waals surface area contributed by atoms with Crippen LogP contribution in [0.2, 0.25) is 0 Å². The first-order chi connectivity index (χ1) is 9.66. The molecule has 5 nitrogen and oxygen atoms in total. The molecule has 0 unspecified atom stereocenters. The summed E-state index contributed by atoms with van der Waals surface area (Å²) < 4.78 is 5.59. The van der Waals surface area contributed by atoms with Gasteiger partial charge in [-0.05, 0) is 46.8 Å². The maximum absolute atomic E-state index is 10.2. The van der Waals surface area contributed by atoms with Crippen molar-refractivity contribution in [2.45, 2.75) is 51.8 Å². The monoisotopic (exact) mass is 291 g/mol. The van der Waals surface area contributed by atoms with Gasteiger partial charge in [-0.1, -0.05) is 6.07 Å². The molecule has 0 saturated heterocycles. The van der Waals surface area contributed by atoms with Gasteiger partial charge in [0.1, 0.15) is 18.4 Å². The predicted molar refractivity (Wildman–Crippen MR) is 83.5 cm³/mol. The Morgan fingerprint density at radius 1 is 1.38 bits per heavy atom. The number of hydrogen-bond acceptors (Lipinski definition) is 5. The number of aliphatic hydroxyl groups is 1. The minimum Gasteiger partial charge on any atom is -0.474 e. The van der Waals surface area contributed by atoms with Crippen LogP contribution >= 0.6 is 0 Å². The minimum atomic E-state index is -0.654. The lowest BCUT2D eigenvalue weighted by atomic mass is 10.1. The minimum absolute atomic E-state index is 0.0404. The third-order valence-corrected chi connectivity index (χ3v) is 3.12. The zero-order chi connectivity index (χ0) is 15.7. The highest BCUT2D eigenvalue weighted by molar-refractivity contribution is 5.93. The lowest BCUT2D eigenvalue weighted by Gasteiger charge is -2.22. The second-order valence-corrected chi connectivity index (χ2v) is 7.11. The molecule has 0 saturated carbocycles. The van der Waals surface area contributed by atoms with Crippen molar-refractivity contribution in [1.29, 1.82) is 0 Å². The van der Waals surface area contributed by atoms with Gasteiger partial charge < -0.3 is 15.2 Å². The van der Waals surface area contributed by atoms with E-state index in [1.807, 2.05) is 32.0 Å². The Balaban J connectivity index is 2.11. The van der Waals surface area contributed by atoms with Crippen LogP contribution in [0.4, 0.5) is 0 Å². The van der Waals surface area contributed by atoms with Gasteiger partial charge in [-0.15, -0.1) is 0 Å². The number of pyridine rings is 1. The summed E-state index contributed by atoms with van der Waals surface area (Å²) in [6, 6.07) is 5.54. The average Bonchev–Trinajstić information content (AvgIpc) is 2.76. The van der Waals surface area contributed by atoms with E-state index in [1.165, 1.54) is 0 Å². The van der Waals surface area contributed by atoms with Crippen LogP contribution in [0.3, 0.4) is 0 Å². The van der Waals surface area contributed by atoms with Gasteiger partial charge in [-0.25, -0.2) is 9.98 Å². The molecule has 0 bridgehead atoms. The van der Waals surface area contributed by atoms with Gasteiger partial charge in [0.15, 0.2) is 0 Å². The summed E-state index contributed by atoms with van der Waals surface area (Å²) in [5, 5.41) is 13.5. The largest absolute Gasteiger partial charge is 0.474 e. The molecule has 0 radical (unpaired) electrons. The average molecular weight is 291 g/mol. The van der Waals surface area contributed by atoms with E-state index in [9.17, 15) is 5.11 Å². The molecule has 1 aliphatic heterocycles. The molecule has 0 spiro atoms. The molecule has 1 aromatic rings. The lowest BCUT2D eigenvalue weighted by Crippen LogP contribution is -2.38. The van der Waals surface area contributed by atoms with Gasteiger partial charge in [0.25, 0.3) is 0 Å². The number of ether oxygens (including phenoxy) is 1. The second-order valence-electron chi connectivity index (χ2n) is 7.11. The van der Waals surface area contributed by atoms with Crippen molar-refractivity contribution in [3.8, 4) is 0 Å². The highest BCUT2D eigenvalue weighted by atomic mass is 16.5. The van der Waals surface area contributed by atoms with Gasteiger partial charge in [0.05, 0.1) is 11.2 Å². The van der Waals surface area contributed by atoms with Gasteiger partial charge in [-0.2, -0.15) is 0 Å². The Kier molecular flexibility index (Phi) is 4.35. The molecule has 2 rings (SSSR count). The van der Waals surface area contributed by atoms with Crippen LogP contribution in [0.15, 0.2) is 23.2 Å². The quantitative estimate of drug-likeness (QED) is 0.891. The Labute approximate surface area is 126 Å². The summed E-state index contributed by atoms with van der Waals surface area (Å²) in [6.45, 7) is 11.2. The molecule has 2 heterocycles. The van der Waals surface area contributed by atoms with Crippen molar-refractivity contribution in [3.05, 3.63) is 29.6 Å². The van der Waals surface area contributed by atoms with Crippen LogP contribution in [-0.4, -0.2) is 40.2 Å². The fourth-order valence-electron chi connectivity index (χ4n) is 1.98. The van der Waals surface area contributed by atoms with E-state index in [1.54, 1.807) is 0 Å². The molecule has 0 amide bonds. The van der Waals surface area contributed by atoms with Crippen LogP contribution in [0.1, 0.15) is 52.1 Å². The molecule has 0 aliphatic carbocycles. The summed E-state index contributed by atoms with van der Waals surface area (Å²) in [5.74, 6) is 0.554. The molecule has 2 N–H and O–H groups in total. The molecule has 1 atom stereocenters. The van der Waals surface area contributed by atoms with Crippen LogP contribution in [0.5, 0.6) is 0 Å². The number of nitrogens with one attached hydrogen (secondary N) is 1. The van der Waals surface area contributed by atoms with E-state index in [2.05, 4.69) is 36.1 Å². The van der Waals surface area contributed by atoms with Crippen LogP contribution in [-0.2, 0) is 4.74 Å². The molecule has 1 aliphatic rings. The number of aliphatic imine (C=N–C) groups is 1. The van der Waals surface area contributed by atoms with E-state index >= 15 is 0 Å². The zero-order valence-corrected chi connectivity index (χ0v) is 13.5. The Bertz CT molecular complexity index is 533. The van der Waals surface area contributed by atoms with Crippen molar-refractivity contribution in [2.75, 3.05) is 13.2 Å². The highest BCUT2D eigenvalue weighted by Crippen LogP contribution is 2.20. The predicted octanol–water partition coefficient (Wildman–Crippen LogP) is 2.06. The number of nitrogens with zero attached hydrogens (tertiary/aromatic N) is 2. The maximum atomic E-state index is 10.2. The first kappa shape index (κ1) is 15.9. The van der Waals surface area contributed by atoms with Crippen LogP contribution in [0, 0.1) is 0 Å². The fraction of sp³-hybridized carbons (Fsp3) is 0.625. The molecular formula is C16H25N3O2. The van der Waals surface area contributed by atoms with Crippen LogP contribution < -0.4 is 5.32 Å². The molecule has 0 aromatic carbocycles. The van der Waals surface area contributed by atoms with Crippen molar-refractivity contribution < 1.29 is 9.84 Å². The molecule has 116 valence electrons. The van der Waals surface area contributed by atoms with Gasteiger partial charge in [0, 0.05) is 12.1 Å². The summed E-state index contributed by atoms with van der Waals surface area (Å²) in [5.41, 5.74) is 1.05. The van der Waals surface area contributed by atoms with E-state index in [4.69, 9.17) is 4.74 Å². The number of aromatic nitrogens is 1. The summed E-state index contributed by atoms with van der Waals surface area (Å²) in [7, 11) is 0. The number of hydrogen-bond donors (Lipinski definition) is 2. The van der Waals surface area contributed by atoms with Crippen molar-refractivity contribution in [3.63, 3.8) is 0 Å². The Hall–Kier alpha value is -1.46. The van der Waals surface area contributed by atoms with Crippen molar-refractivity contribution >= 4 is 5.90 Å². The number of rotatable bonds is 4. The van der Waals surface area contributed by atoms with Crippen molar-refractivity contribution in [1.82, 2.24) is 10.3 Å². The molecule has 21 heavy (non-hydrogen) atoms. The fourth-order valence-corrected chi connectivity index (χ4v) is 1.98. The second kappa shape index (κ2) is 5.73. The summed E-state index contributed by atoms with van der Waals surface area (Å²) >= 11 is 0. The van der Waals surface area contributed by atoms with Crippen molar-refractivity contribution in [2.24, 2.45) is 4.99 Å². The first-order valence-electron chi connectivity index (χ1n) is 7.29. The van der Waals surface area contributed by atoms with E-state index in [0.29, 0.717) is 30.4 Å². The molecule has 0 fully saturated rings. The smallest absolute Gasteiger partial charge is 0.236 e. The molecular weight excluding hydrogens is 266 g/mol. The van der Waals surface area contributed by atoms with Crippen LogP contribution in [0.25, 0.3) is 0 Å². The normalized spacial score (nSPS) is 19.0. The van der Waals surface area contributed by atoms with Gasteiger partial charge >= 0.3 is 0 Å². The number of β-amino-alcohol motifs (C(OH)–C–C–N with tert-alkyl or cyclic N) is 1. The van der Waals surface area contributed by atoms with Gasteiger partial charge in [-0.3, -0.25) is 0 Å². The number of aliphatic hydroxyl groups excluding tert-OH is 1. The summed E-state index contributed by atoms with van der Waals surface area (Å²) in [6.07, 6.45) is -0.654. The third-order valence-electron chi connectivity index (χ3n) is 3.12. The molecule has 5 heteroatoms. The first-order valence-corrected chi connectivity index (χ1v) is 7.29. The van der Waals surface area contributed by atoms with E-state index in [0.717, 1.165) is 0 Å².